The number of allylic oxidation sites excluding steroid dienone is 2. The van der Waals surface area contributed by atoms with E-state index in [0.29, 0.717) is 22.5 Å². The van der Waals surface area contributed by atoms with Gasteiger partial charge in [0.25, 0.3) is 0 Å². The van der Waals surface area contributed by atoms with Crippen molar-refractivity contribution >= 4 is 35.0 Å². The molecule has 0 aromatic heterocycles. The Balaban J connectivity index is 1.34. The number of benzene rings is 1. The molecule has 0 radical (unpaired) electrons. The molecule has 1 aliphatic heterocycles. The van der Waals surface area contributed by atoms with E-state index in [-0.39, 0.29) is 47.9 Å². The van der Waals surface area contributed by atoms with Crippen LogP contribution in [0.5, 0.6) is 0 Å². The van der Waals surface area contributed by atoms with Crippen molar-refractivity contribution in [2.75, 3.05) is 11.9 Å². The zero-order chi connectivity index (χ0) is 18.2. The van der Waals surface area contributed by atoms with E-state index in [4.69, 9.17) is 11.6 Å². The molecule has 1 aromatic carbocycles. The Morgan fingerprint density at radius 1 is 1.15 bits per heavy atom. The number of anilines is 1. The molecule has 6 atom stereocenters. The van der Waals surface area contributed by atoms with Crippen LogP contribution in [-0.2, 0) is 14.4 Å². The van der Waals surface area contributed by atoms with Gasteiger partial charge >= 0.3 is 0 Å². The number of halogens is 1. The first-order valence-corrected chi connectivity index (χ1v) is 9.43. The van der Waals surface area contributed by atoms with Crippen LogP contribution in [0.1, 0.15) is 12.0 Å². The van der Waals surface area contributed by atoms with Crippen LogP contribution in [0.2, 0.25) is 5.02 Å². The summed E-state index contributed by atoms with van der Waals surface area (Å²) in [5.74, 6) is 0.219. The number of amides is 3. The van der Waals surface area contributed by atoms with Gasteiger partial charge in [-0.1, -0.05) is 29.8 Å². The number of imide groups is 1. The molecular formula is C20H19ClN2O3. The van der Waals surface area contributed by atoms with E-state index >= 15 is 0 Å². The third-order valence-electron chi connectivity index (χ3n) is 6.53. The van der Waals surface area contributed by atoms with Crippen molar-refractivity contribution in [2.24, 2.45) is 35.5 Å². The number of rotatable bonds is 3. The number of carbonyl (C=O) groups is 3. The molecule has 5 aliphatic rings. The number of likely N-dealkylation sites (tertiary alicyclic amines) is 1. The maximum absolute atomic E-state index is 12.9. The van der Waals surface area contributed by atoms with Crippen molar-refractivity contribution in [2.45, 2.75) is 13.3 Å². The Bertz CT molecular complexity index is 844. The predicted octanol–water partition coefficient (Wildman–Crippen LogP) is 2.64. The molecule has 26 heavy (non-hydrogen) atoms. The van der Waals surface area contributed by atoms with Gasteiger partial charge in [0.05, 0.1) is 11.8 Å². The molecule has 1 N–H and O–H groups in total. The number of carbonyl (C=O) groups excluding carboxylic acids is 3. The van der Waals surface area contributed by atoms with Gasteiger partial charge in [-0.2, -0.15) is 0 Å². The normalized spacial score (nSPS) is 36.2. The van der Waals surface area contributed by atoms with E-state index in [1.807, 2.05) is 13.0 Å². The second kappa shape index (κ2) is 5.43. The summed E-state index contributed by atoms with van der Waals surface area (Å²) >= 11 is 5.98. The van der Waals surface area contributed by atoms with Crippen molar-refractivity contribution in [3.63, 3.8) is 0 Å². The molecule has 2 saturated carbocycles. The fourth-order valence-corrected chi connectivity index (χ4v) is 5.41. The lowest BCUT2D eigenvalue weighted by Gasteiger charge is -2.37. The second-order valence-electron chi connectivity index (χ2n) is 7.92. The molecule has 6 rings (SSSR count). The van der Waals surface area contributed by atoms with Crippen molar-refractivity contribution in [1.29, 1.82) is 0 Å². The van der Waals surface area contributed by atoms with Crippen molar-refractivity contribution in [3.05, 3.63) is 40.9 Å². The summed E-state index contributed by atoms with van der Waals surface area (Å²) in [7, 11) is 0. The van der Waals surface area contributed by atoms with Crippen molar-refractivity contribution < 1.29 is 14.4 Å². The zero-order valence-corrected chi connectivity index (χ0v) is 15.1. The average molecular weight is 371 g/mol. The zero-order valence-electron chi connectivity index (χ0n) is 14.3. The van der Waals surface area contributed by atoms with E-state index in [1.165, 1.54) is 4.90 Å². The SMILES string of the molecule is Cc1ccc(Cl)cc1NC(=O)CN1C(=O)C2C3C=CC(C4CC34)C2C1=O. The molecule has 6 heteroatoms. The first-order valence-electron chi connectivity index (χ1n) is 9.05. The highest BCUT2D eigenvalue weighted by Crippen LogP contribution is 2.65. The molecule has 3 fully saturated rings. The van der Waals surface area contributed by atoms with Crippen LogP contribution >= 0.6 is 11.6 Å². The maximum atomic E-state index is 12.9. The van der Waals surface area contributed by atoms with Crippen LogP contribution in [-0.4, -0.2) is 29.2 Å². The summed E-state index contributed by atoms with van der Waals surface area (Å²) in [6.07, 6.45) is 5.39. The third kappa shape index (κ3) is 2.19. The summed E-state index contributed by atoms with van der Waals surface area (Å²) in [5.41, 5.74) is 1.47. The Hall–Kier alpha value is -2.14. The summed E-state index contributed by atoms with van der Waals surface area (Å²) in [5, 5.41) is 3.29. The number of nitrogens with one attached hydrogen (secondary N) is 1. The van der Waals surface area contributed by atoms with Crippen LogP contribution in [0.3, 0.4) is 0 Å². The Kier molecular flexibility index (Phi) is 3.35. The molecule has 1 heterocycles. The summed E-state index contributed by atoms with van der Waals surface area (Å²) < 4.78 is 0. The van der Waals surface area contributed by atoms with Gasteiger partial charge in [-0.25, -0.2) is 0 Å². The van der Waals surface area contributed by atoms with Crippen LogP contribution in [0, 0.1) is 42.4 Å². The van der Waals surface area contributed by atoms with Gasteiger partial charge in [0, 0.05) is 10.7 Å². The highest BCUT2D eigenvalue weighted by Gasteiger charge is 2.67. The van der Waals surface area contributed by atoms with Crippen LogP contribution in [0.15, 0.2) is 30.4 Å². The highest BCUT2D eigenvalue weighted by molar-refractivity contribution is 6.31. The molecule has 3 amide bonds. The van der Waals surface area contributed by atoms with Gasteiger partial charge in [-0.05, 0) is 54.7 Å². The molecule has 6 unspecified atom stereocenters. The van der Waals surface area contributed by atoms with Gasteiger partial charge in [0.15, 0.2) is 0 Å². The van der Waals surface area contributed by atoms with Crippen LogP contribution < -0.4 is 5.32 Å². The monoisotopic (exact) mass is 370 g/mol. The molecule has 4 aliphatic carbocycles. The minimum absolute atomic E-state index is 0.176. The fourth-order valence-electron chi connectivity index (χ4n) is 5.24. The van der Waals surface area contributed by atoms with Gasteiger partial charge in [0.1, 0.15) is 6.54 Å². The number of nitrogens with zero attached hydrogens (tertiary/aromatic N) is 1. The van der Waals surface area contributed by atoms with Crippen molar-refractivity contribution in [3.8, 4) is 0 Å². The van der Waals surface area contributed by atoms with Crippen molar-refractivity contribution in [1.82, 2.24) is 4.90 Å². The Morgan fingerprint density at radius 2 is 1.77 bits per heavy atom. The second-order valence-corrected chi connectivity index (χ2v) is 8.36. The van der Waals surface area contributed by atoms with E-state index in [2.05, 4.69) is 17.5 Å². The lowest BCUT2D eigenvalue weighted by molar-refractivity contribution is -0.142. The first kappa shape index (κ1) is 16.1. The highest BCUT2D eigenvalue weighted by atomic mass is 35.5. The molecular weight excluding hydrogens is 352 g/mol. The van der Waals surface area contributed by atoms with E-state index in [9.17, 15) is 14.4 Å². The van der Waals surface area contributed by atoms with Gasteiger partial charge in [-0.15, -0.1) is 0 Å². The number of hydrogen-bond acceptors (Lipinski definition) is 3. The predicted molar refractivity (Wildman–Crippen MR) is 96.2 cm³/mol. The summed E-state index contributed by atoms with van der Waals surface area (Å²) in [6.45, 7) is 1.63. The van der Waals surface area contributed by atoms with Gasteiger partial charge in [-0.3, -0.25) is 19.3 Å². The first-order chi connectivity index (χ1) is 12.5. The van der Waals surface area contributed by atoms with E-state index in [0.717, 1.165) is 12.0 Å². The van der Waals surface area contributed by atoms with E-state index in [1.54, 1.807) is 12.1 Å². The van der Waals surface area contributed by atoms with Gasteiger partial charge in [0.2, 0.25) is 17.7 Å². The quantitative estimate of drug-likeness (QED) is 0.657. The molecule has 0 spiro atoms. The van der Waals surface area contributed by atoms with Crippen LogP contribution in [0.4, 0.5) is 5.69 Å². The minimum atomic E-state index is -0.374. The molecule has 2 bridgehead atoms. The smallest absolute Gasteiger partial charge is 0.244 e. The summed E-state index contributed by atoms with van der Waals surface area (Å²) in [4.78, 5) is 39.4. The fraction of sp³-hybridized carbons (Fsp3) is 0.450. The third-order valence-corrected chi connectivity index (χ3v) is 6.76. The topological polar surface area (TPSA) is 66.5 Å². The lowest BCUT2D eigenvalue weighted by Crippen LogP contribution is -2.40. The van der Waals surface area contributed by atoms with Gasteiger partial charge < -0.3 is 5.32 Å². The Morgan fingerprint density at radius 3 is 2.38 bits per heavy atom. The van der Waals surface area contributed by atoms with E-state index < -0.39 is 0 Å². The molecule has 134 valence electrons. The Labute approximate surface area is 156 Å². The molecule has 1 saturated heterocycles. The standard InChI is InChI=1S/C20H19ClN2O3/c1-9-2-3-10(21)6-15(9)22-16(24)8-23-19(25)17-11-4-5-12(14-7-13(11)14)18(17)20(23)26/h2-6,11-14,17-18H,7-8H2,1H3,(H,22,24). The largest absolute Gasteiger partial charge is 0.324 e. The number of hydrogen-bond donors (Lipinski definition) is 1. The average Bonchev–Trinajstić information content (AvgIpc) is 3.39. The summed E-state index contributed by atoms with van der Waals surface area (Å²) in [6, 6.07) is 5.23. The molecule has 5 nitrogen and oxygen atoms in total. The van der Waals surface area contributed by atoms with Crippen LogP contribution in [0.25, 0.3) is 0 Å². The maximum Gasteiger partial charge on any atom is 0.244 e. The molecule has 1 aromatic rings. The number of aryl methyl sites for hydroxylation is 1. The minimum Gasteiger partial charge on any atom is -0.324 e. The lowest BCUT2D eigenvalue weighted by atomic mass is 9.63.